The molecule has 31 heavy (non-hydrogen) atoms. The largest absolute Gasteiger partial charge is 0.305 e. The molecular formula is C22H20FN7O. The van der Waals surface area contributed by atoms with E-state index in [1.54, 1.807) is 6.21 Å². The van der Waals surface area contributed by atoms with Crippen LogP contribution in [0.2, 0.25) is 0 Å². The molecule has 2 unspecified atom stereocenters. The first-order valence-corrected chi connectivity index (χ1v) is 9.86. The molecule has 0 amide bonds. The molecule has 2 atom stereocenters. The van der Waals surface area contributed by atoms with Gasteiger partial charge >= 0.3 is 0 Å². The summed E-state index contributed by atoms with van der Waals surface area (Å²) in [4.78, 5) is 23.4. The Kier molecular flexibility index (Phi) is 4.67. The van der Waals surface area contributed by atoms with Crippen LogP contribution in [0.25, 0.3) is 10.8 Å². The van der Waals surface area contributed by atoms with Gasteiger partial charge in [-0.25, -0.2) is 14.5 Å². The molecule has 1 aliphatic rings. The number of benzene rings is 2. The number of rotatable bonds is 4. The second-order valence-electron chi connectivity index (χ2n) is 7.92. The molecule has 5 rings (SSSR count). The number of nitrogens with zero attached hydrogens (tertiary/aromatic N) is 5. The van der Waals surface area contributed by atoms with Crippen LogP contribution in [0, 0.1) is 5.82 Å². The molecule has 156 valence electrons. The molecule has 0 saturated heterocycles. The summed E-state index contributed by atoms with van der Waals surface area (Å²) in [6.45, 7) is 0.831. The van der Waals surface area contributed by atoms with Crippen molar-refractivity contribution in [3.63, 3.8) is 0 Å². The third-order valence-corrected chi connectivity index (χ3v) is 5.48. The van der Waals surface area contributed by atoms with Crippen LogP contribution in [0.1, 0.15) is 34.5 Å². The van der Waals surface area contributed by atoms with Gasteiger partial charge < -0.3 is 4.90 Å². The smallest absolute Gasteiger partial charge is 0.272 e. The Morgan fingerprint density at radius 2 is 1.94 bits per heavy atom. The predicted molar refractivity (Wildman–Crippen MR) is 115 cm³/mol. The number of hydrogen-bond acceptors (Lipinski definition) is 6. The molecule has 0 radical (unpaired) electrons. The van der Waals surface area contributed by atoms with Crippen molar-refractivity contribution in [1.82, 2.24) is 30.3 Å². The Balaban J connectivity index is 1.72. The fourth-order valence-electron chi connectivity index (χ4n) is 4.16. The van der Waals surface area contributed by atoms with E-state index in [0.717, 1.165) is 12.1 Å². The van der Waals surface area contributed by atoms with Crippen molar-refractivity contribution in [3.05, 3.63) is 81.5 Å². The Morgan fingerprint density at radius 3 is 2.65 bits per heavy atom. The summed E-state index contributed by atoms with van der Waals surface area (Å²) < 4.78 is 14.2. The summed E-state index contributed by atoms with van der Waals surface area (Å²) in [6.07, 6.45) is 3.21. The summed E-state index contributed by atoms with van der Waals surface area (Å²) in [5, 5.41) is 14.6. The minimum Gasteiger partial charge on any atom is -0.305 e. The van der Waals surface area contributed by atoms with Gasteiger partial charge in [0, 0.05) is 30.1 Å². The van der Waals surface area contributed by atoms with E-state index < -0.39 is 17.3 Å². The summed E-state index contributed by atoms with van der Waals surface area (Å²) in [5.74, 6) is -0.577. The van der Waals surface area contributed by atoms with Gasteiger partial charge in [-0.1, -0.05) is 24.3 Å². The molecule has 0 saturated carbocycles. The maximum atomic E-state index is 14.2. The maximum Gasteiger partial charge on any atom is 0.272 e. The van der Waals surface area contributed by atoms with E-state index in [1.165, 1.54) is 24.0 Å². The van der Waals surface area contributed by atoms with Gasteiger partial charge in [-0.3, -0.25) is 14.9 Å². The highest BCUT2D eigenvalue weighted by Gasteiger charge is 2.34. The maximum absolute atomic E-state index is 14.2. The number of aliphatic imine (C=N–C) groups is 1. The number of hydrogen-bond donors (Lipinski definition) is 2. The van der Waals surface area contributed by atoms with Gasteiger partial charge in [0.2, 0.25) is 0 Å². The zero-order valence-corrected chi connectivity index (χ0v) is 17.0. The van der Waals surface area contributed by atoms with Gasteiger partial charge in [-0.05, 0) is 31.3 Å². The topological polar surface area (TPSA) is 103 Å². The molecule has 0 bridgehead atoms. The van der Waals surface area contributed by atoms with Gasteiger partial charge in [-0.15, -0.1) is 0 Å². The van der Waals surface area contributed by atoms with Crippen LogP contribution in [0.15, 0.2) is 52.5 Å². The molecule has 1 aliphatic heterocycles. The summed E-state index contributed by atoms with van der Waals surface area (Å²) in [7, 11) is 4.05. The van der Waals surface area contributed by atoms with Crippen LogP contribution >= 0.6 is 0 Å². The molecule has 4 aromatic rings. The second kappa shape index (κ2) is 7.51. The molecular weight excluding hydrogens is 397 g/mol. The van der Waals surface area contributed by atoms with Crippen molar-refractivity contribution < 1.29 is 4.39 Å². The third kappa shape index (κ3) is 3.42. The van der Waals surface area contributed by atoms with Gasteiger partial charge in [-0.2, -0.15) is 10.2 Å². The quantitative estimate of drug-likeness (QED) is 0.532. The van der Waals surface area contributed by atoms with E-state index in [2.05, 4.69) is 59.5 Å². The normalized spacial score (nSPS) is 17.9. The Morgan fingerprint density at radius 1 is 1.13 bits per heavy atom. The molecule has 0 spiro atoms. The Bertz CT molecular complexity index is 1330. The van der Waals surface area contributed by atoms with Gasteiger partial charge in [0.25, 0.3) is 5.56 Å². The van der Waals surface area contributed by atoms with Gasteiger partial charge in [0.15, 0.2) is 0 Å². The van der Waals surface area contributed by atoms with Crippen molar-refractivity contribution in [2.24, 2.45) is 4.99 Å². The molecule has 8 nitrogen and oxygen atoms in total. The van der Waals surface area contributed by atoms with Crippen LogP contribution < -0.4 is 5.56 Å². The molecule has 9 heteroatoms. The average molecular weight is 417 g/mol. The first-order chi connectivity index (χ1) is 15.0. The lowest BCUT2D eigenvalue weighted by Gasteiger charge is -2.22. The first-order valence-electron chi connectivity index (χ1n) is 9.86. The van der Waals surface area contributed by atoms with Crippen LogP contribution in [-0.2, 0) is 6.54 Å². The van der Waals surface area contributed by atoms with Crippen LogP contribution in [-0.4, -0.2) is 50.6 Å². The Labute approximate surface area is 176 Å². The number of nitrogens with one attached hydrogen (secondary N) is 2. The van der Waals surface area contributed by atoms with Gasteiger partial charge in [0.1, 0.15) is 18.0 Å². The van der Waals surface area contributed by atoms with E-state index in [-0.39, 0.29) is 11.3 Å². The number of halogens is 1. The molecule has 3 heterocycles. The first kappa shape index (κ1) is 19.3. The predicted octanol–water partition coefficient (Wildman–Crippen LogP) is 2.87. The summed E-state index contributed by atoms with van der Waals surface area (Å²) in [5.41, 5.74) is 2.67. The van der Waals surface area contributed by atoms with Crippen molar-refractivity contribution in [1.29, 1.82) is 0 Å². The number of aromatic nitrogens is 5. The second-order valence-corrected chi connectivity index (χ2v) is 7.92. The highest BCUT2D eigenvalue weighted by molar-refractivity contribution is 5.97. The lowest BCUT2D eigenvalue weighted by Crippen LogP contribution is -2.20. The monoisotopic (exact) mass is 417 g/mol. The van der Waals surface area contributed by atoms with Gasteiger partial charge in [0.05, 0.1) is 22.7 Å². The van der Waals surface area contributed by atoms with E-state index in [9.17, 15) is 9.18 Å². The van der Waals surface area contributed by atoms with Crippen LogP contribution in [0.4, 0.5) is 10.1 Å². The van der Waals surface area contributed by atoms with Crippen molar-refractivity contribution >= 4 is 22.7 Å². The number of H-pyrrole nitrogens is 2. The van der Waals surface area contributed by atoms with E-state index in [4.69, 9.17) is 0 Å². The van der Waals surface area contributed by atoms with Crippen molar-refractivity contribution in [2.45, 2.75) is 18.4 Å². The Hall–Kier alpha value is -3.72. The van der Waals surface area contributed by atoms with Crippen LogP contribution in [0.3, 0.4) is 0 Å². The molecule has 2 N–H and O–H groups in total. The van der Waals surface area contributed by atoms with E-state index in [0.29, 0.717) is 22.6 Å². The van der Waals surface area contributed by atoms with E-state index >= 15 is 0 Å². The SMILES string of the molecule is CN(C)Cc1ccc(C2C=Nc3cc(F)cc4c(=O)[nH]nc(c34)C2c2ncn[nH]2)cc1. The van der Waals surface area contributed by atoms with Crippen molar-refractivity contribution in [2.75, 3.05) is 14.1 Å². The molecule has 0 aliphatic carbocycles. The minimum absolute atomic E-state index is 0.212. The fourth-order valence-corrected chi connectivity index (χ4v) is 4.16. The van der Waals surface area contributed by atoms with Crippen molar-refractivity contribution in [3.8, 4) is 0 Å². The highest BCUT2D eigenvalue weighted by atomic mass is 19.1. The minimum atomic E-state index is -0.523. The summed E-state index contributed by atoms with van der Waals surface area (Å²) in [6, 6.07) is 10.8. The third-order valence-electron chi connectivity index (χ3n) is 5.48. The number of aromatic amines is 2. The zero-order valence-electron chi connectivity index (χ0n) is 17.0. The van der Waals surface area contributed by atoms with E-state index in [1.807, 2.05) is 14.1 Å². The zero-order chi connectivity index (χ0) is 21.5. The molecule has 2 aromatic carbocycles. The van der Waals surface area contributed by atoms with Crippen LogP contribution in [0.5, 0.6) is 0 Å². The standard InChI is InChI=1S/C22H20FN7O/c1-30(2)10-12-3-5-13(6-4-12)16-9-24-17-8-14(23)7-15-18(17)20(27-29-22(15)31)19(16)21-25-11-26-28-21/h3-9,11,16,19H,10H2,1-2H3,(H,29,31)(H,25,26,28). The highest BCUT2D eigenvalue weighted by Crippen LogP contribution is 2.42. The molecule has 0 fully saturated rings. The fraction of sp³-hybridized carbons (Fsp3) is 0.227. The molecule has 2 aromatic heterocycles. The average Bonchev–Trinajstić information content (AvgIpc) is 3.21. The summed E-state index contributed by atoms with van der Waals surface area (Å²) >= 11 is 0. The lowest BCUT2D eigenvalue weighted by molar-refractivity contribution is 0.402. The lowest BCUT2D eigenvalue weighted by atomic mass is 9.82.